The van der Waals surface area contributed by atoms with Crippen molar-refractivity contribution < 1.29 is 24.1 Å². The van der Waals surface area contributed by atoms with Crippen molar-refractivity contribution >= 4 is 5.97 Å². The van der Waals surface area contributed by atoms with Crippen LogP contribution in [0.15, 0.2) is 29.2 Å². The van der Waals surface area contributed by atoms with Gasteiger partial charge in [0.2, 0.25) is 0 Å². The lowest BCUT2D eigenvalue weighted by Gasteiger charge is -2.16. The topological polar surface area (TPSA) is 87.0 Å². The minimum absolute atomic E-state index is 0.240. The van der Waals surface area contributed by atoms with E-state index in [2.05, 4.69) is 0 Å². The van der Waals surface area contributed by atoms with Crippen molar-refractivity contribution in [3.05, 3.63) is 45.7 Å². The molecule has 7 heteroatoms. The molecule has 1 N–H and O–H groups in total. The van der Waals surface area contributed by atoms with Crippen molar-refractivity contribution in [3.8, 4) is 22.8 Å². The van der Waals surface area contributed by atoms with Crippen molar-refractivity contribution in [3.63, 3.8) is 0 Å². The molecule has 0 fully saturated rings. The molecule has 1 aliphatic rings. The Morgan fingerprint density at radius 3 is 2.81 bits per heavy atom. The van der Waals surface area contributed by atoms with Crippen molar-refractivity contribution in [1.29, 1.82) is 0 Å². The minimum Gasteiger partial charge on any atom is -0.493 e. The number of hydrogen-bond donors (Lipinski definition) is 1. The molecule has 0 spiro atoms. The molecule has 0 saturated heterocycles. The largest absolute Gasteiger partial charge is 0.493 e. The maximum absolute atomic E-state index is 12.2. The zero-order chi connectivity index (χ0) is 19.4. The van der Waals surface area contributed by atoms with E-state index in [0.29, 0.717) is 37.8 Å². The molecule has 0 bridgehead atoms. The number of benzene rings is 1. The monoisotopic (exact) mass is 373 g/mol. The Morgan fingerprint density at radius 1 is 1.30 bits per heavy atom. The number of fused-ring (bicyclic) bond motifs is 3. The lowest BCUT2D eigenvalue weighted by Crippen LogP contribution is -2.19. The van der Waals surface area contributed by atoms with Gasteiger partial charge in [-0.3, -0.25) is 4.79 Å². The Kier molecular flexibility index (Phi) is 5.81. The van der Waals surface area contributed by atoms with Gasteiger partial charge in [-0.1, -0.05) is 6.92 Å². The van der Waals surface area contributed by atoms with E-state index in [0.717, 1.165) is 29.7 Å². The summed E-state index contributed by atoms with van der Waals surface area (Å²) in [5.74, 6) is 0.155. The summed E-state index contributed by atoms with van der Waals surface area (Å²) in [5, 5.41) is 9.20. The van der Waals surface area contributed by atoms with Gasteiger partial charge in [-0.05, 0) is 18.1 Å². The van der Waals surface area contributed by atoms with Crippen molar-refractivity contribution in [2.24, 2.45) is 0 Å². The molecule has 1 aromatic heterocycles. The smallest absolute Gasteiger partial charge is 0.341 e. The summed E-state index contributed by atoms with van der Waals surface area (Å²) in [6, 6.07) is 5.18. The second kappa shape index (κ2) is 8.26. The molecular weight excluding hydrogens is 350 g/mol. The van der Waals surface area contributed by atoms with Gasteiger partial charge in [-0.2, -0.15) is 0 Å². The number of carbonyl (C=O) groups is 1. The Morgan fingerprint density at radius 2 is 2.11 bits per heavy atom. The highest BCUT2D eigenvalue weighted by molar-refractivity contribution is 5.87. The van der Waals surface area contributed by atoms with Crippen LogP contribution in [-0.2, 0) is 17.7 Å². The van der Waals surface area contributed by atoms with E-state index in [-0.39, 0.29) is 5.56 Å². The van der Waals surface area contributed by atoms with Crippen molar-refractivity contribution in [2.75, 3.05) is 26.9 Å². The standard InChI is InChI=1S/C20H23NO6/c1-3-13-9-14-16-10-17(22)15(20(23)24)12-21(16)5-8-27-19(14)11-18(13)26-7-4-6-25-2/h9-12H,3-8H2,1-2H3,(H,23,24). The number of nitrogens with zero attached hydrogens (tertiary/aromatic N) is 1. The van der Waals surface area contributed by atoms with E-state index >= 15 is 0 Å². The number of ether oxygens (including phenoxy) is 3. The number of aromatic carboxylic acids is 1. The Bertz CT molecular complexity index is 902. The highest BCUT2D eigenvalue weighted by Gasteiger charge is 2.21. The average molecular weight is 373 g/mol. The van der Waals surface area contributed by atoms with Crippen molar-refractivity contribution in [2.45, 2.75) is 26.3 Å². The van der Waals surface area contributed by atoms with Gasteiger partial charge in [0, 0.05) is 44.0 Å². The molecule has 0 saturated carbocycles. The first-order valence-corrected chi connectivity index (χ1v) is 8.94. The number of methoxy groups -OCH3 is 1. The van der Waals surface area contributed by atoms with Gasteiger partial charge in [-0.25, -0.2) is 4.79 Å². The number of carboxylic acid groups (broad SMARTS) is 1. The van der Waals surface area contributed by atoms with E-state index in [9.17, 15) is 14.7 Å². The van der Waals surface area contributed by atoms with Gasteiger partial charge in [0.05, 0.1) is 18.8 Å². The molecule has 0 unspecified atom stereocenters. The number of rotatable bonds is 7. The number of pyridine rings is 1. The zero-order valence-electron chi connectivity index (χ0n) is 15.5. The SMILES string of the molecule is CCc1cc2c(cc1OCCCOC)OCCn1cc(C(=O)O)c(=O)cc1-2. The number of aromatic nitrogens is 1. The van der Waals surface area contributed by atoms with Gasteiger partial charge < -0.3 is 23.9 Å². The average Bonchev–Trinajstić information content (AvgIpc) is 2.82. The van der Waals surface area contributed by atoms with Gasteiger partial charge in [-0.15, -0.1) is 0 Å². The zero-order valence-corrected chi connectivity index (χ0v) is 15.5. The normalized spacial score (nSPS) is 12.5. The van der Waals surface area contributed by atoms with Gasteiger partial charge in [0.25, 0.3) is 0 Å². The highest BCUT2D eigenvalue weighted by Crippen LogP contribution is 2.37. The molecule has 144 valence electrons. The summed E-state index contributed by atoms with van der Waals surface area (Å²) in [7, 11) is 1.66. The fourth-order valence-electron chi connectivity index (χ4n) is 3.13. The molecule has 27 heavy (non-hydrogen) atoms. The van der Waals surface area contributed by atoms with Crippen LogP contribution in [0.3, 0.4) is 0 Å². The molecule has 0 atom stereocenters. The second-order valence-electron chi connectivity index (χ2n) is 6.29. The minimum atomic E-state index is -1.23. The Labute approximate surface area is 157 Å². The van der Waals surface area contributed by atoms with Crippen LogP contribution in [0.1, 0.15) is 29.3 Å². The quantitative estimate of drug-likeness (QED) is 0.751. The van der Waals surface area contributed by atoms with Crippen LogP contribution in [0.25, 0.3) is 11.3 Å². The van der Waals surface area contributed by atoms with Crippen LogP contribution in [0.4, 0.5) is 0 Å². The molecule has 1 aliphatic heterocycles. The first kappa shape index (κ1) is 19.0. The van der Waals surface area contributed by atoms with Gasteiger partial charge in [0.15, 0.2) is 5.43 Å². The summed E-state index contributed by atoms with van der Waals surface area (Å²) < 4.78 is 18.6. The molecule has 0 radical (unpaired) electrons. The Hall–Kier alpha value is -2.80. The van der Waals surface area contributed by atoms with Crippen LogP contribution in [0, 0.1) is 0 Å². The third-order valence-corrected chi connectivity index (χ3v) is 4.52. The van der Waals surface area contributed by atoms with Gasteiger partial charge in [0.1, 0.15) is 23.7 Å². The molecule has 1 aromatic carbocycles. The van der Waals surface area contributed by atoms with Crippen LogP contribution in [0.5, 0.6) is 11.5 Å². The number of carboxylic acids is 1. The van der Waals surface area contributed by atoms with E-state index in [4.69, 9.17) is 14.2 Å². The number of aryl methyl sites for hydroxylation is 1. The lowest BCUT2D eigenvalue weighted by atomic mass is 10.0. The number of hydrogen-bond acceptors (Lipinski definition) is 5. The third-order valence-electron chi connectivity index (χ3n) is 4.52. The van der Waals surface area contributed by atoms with E-state index in [1.807, 2.05) is 19.1 Å². The summed E-state index contributed by atoms with van der Waals surface area (Å²) in [6.07, 6.45) is 2.93. The maximum Gasteiger partial charge on any atom is 0.341 e. The summed E-state index contributed by atoms with van der Waals surface area (Å²) >= 11 is 0. The molecular formula is C20H23NO6. The first-order valence-electron chi connectivity index (χ1n) is 8.94. The third kappa shape index (κ3) is 3.98. The predicted molar refractivity (Wildman–Crippen MR) is 100.0 cm³/mol. The molecule has 7 nitrogen and oxygen atoms in total. The molecule has 2 heterocycles. The van der Waals surface area contributed by atoms with Gasteiger partial charge >= 0.3 is 5.97 Å². The van der Waals surface area contributed by atoms with Crippen LogP contribution in [-0.4, -0.2) is 42.6 Å². The highest BCUT2D eigenvalue weighted by atomic mass is 16.5. The Balaban J connectivity index is 2.03. The van der Waals surface area contributed by atoms with Crippen molar-refractivity contribution in [1.82, 2.24) is 4.57 Å². The van der Waals surface area contributed by atoms with E-state index in [1.54, 1.807) is 11.7 Å². The molecule has 2 aromatic rings. The molecule has 3 rings (SSSR count). The fourth-order valence-corrected chi connectivity index (χ4v) is 3.13. The summed E-state index contributed by atoms with van der Waals surface area (Å²) in [5.41, 5.74) is 1.66. The first-order chi connectivity index (χ1) is 13.0. The lowest BCUT2D eigenvalue weighted by molar-refractivity contribution is 0.0694. The van der Waals surface area contributed by atoms with E-state index < -0.39 is 11.4 Å². The summed E-state index contributed by atoms with van der Waals surface area (Å²) in [6.45, 7) is 4.03. The van der Waals surface area contributed by atoms with Crippen LogP contribution >= 0.6 is 0 Å². The van der Waals surface area contributed by atoms with E-state index in [1.165, 1.54) is 12.3 Å². The molecule has 0 aliphatic carbocycles. The maximum atomic E-state index is 12.2. The fraction of sp³-hybridized carbons (Fsp3) is 0.400. The summed E-state index contributed by atoms with van der Waals surface area (Å²) in [4.78, 5) is 23.5. The predicted octanol–water partition coefficient (Wildman–Crippen LogP) is 2.58. The second-order valence-corrected chi connectivity index (χ2v) is 6.29. The van der Waals surface area contributed by atoms with Crippen LogP contribution in [0.2, 0.25) is 0 Å². The van der Waals surface area contributed by atoms with Crippen LogP contribution < -0.4 is 14.9 Å². The molecule has 0 amide bonds.